The summed E-state index contributed by atoms with van der Waals surface area (Å²) >= 11 is 0. The third-order valence-electron chi connectivity index (χ3n) is 5.82. The van der Waals surface area contributed by atoms with Gasteiger partial charge in [-0.1, -0.05) is 0 Å². The Morgan fingerprint density at radius 3 is 2.38 bits per heavy atom. The number of alkyl halides is 6. The molecular formula is C18H21F6N3O5. The molecular weight excluding hydrogens is 452 g/mol. The number of carbonyl (C=O) groups is 1. The Labute approximate surface area is 178 Å². The highest BCUT2D eigenvalue weighted by Gasteiger charge is 2.46. The van der Waals surface area contributed by atoms with E-state index in [0.717, 1.165) is 0 Å². The molecule has 32 heavy (non-hydrogen) atoms. The Kier molecular flexibility index (Phi) is 6.38. The Balaban J connectivity index is 1.16. The topological polar surface area (TPSA) is 95.7 Å². The third-order valence-corrected chi connectivity index (χ3v) is 5.82. The first-order valence-corrected chi connectivity index (χ1v) is 10.2. The monoisotopic (exact) mass is 473 g/mol. The maximum absolute atomic E-state index is 12.2. The quantitative estimate of drug-likeness (QED) is 0.607. The van der Waals surface area contributed by atoms with Crippen molar-refractivity contribution in [3.63, 3.8) is 0 Å². The molecule has 1 aliphatic heterocycles. The summed E-state index contributed by atoms with van der Waals surface area (Å²) in [5, 5.41) is 10.6. The van der Waals surface area contributed by atoms with Gasteiger partial charge in [0.2, 0.25) is 17.7 Å². The van der Waals surface area contributed by atoms with Crippen LogP contribution in [0.4, 0.5) is 26.3 Å². The van der Waals surface area contributed by atoms with Gasteiger partial charge in [-0.25, -0.2) is 0 Å². The maximum atomic E-state index is 12.2. The number of aromatic nitrogens is 2. The first-order chi connectivity index (χ1) is 15.0. The Morgan fingerprint density at radius 1 is 1.03 bits per heavy atom. The molecule has 14 heteroatoms. The SMILES string of the molecule is O=C(N[C@@H]1CC[C@@H](c2nnc([C@H]3C[C@@H](OC(F)(F)F)C3)o2)OC1)C1CC1COC(F)(F)F. The van der Waals surface area contributed by atoms with Gasteiger partial charge in [-0.2, -0.15) is 0 Å². The van der Waals surface area contributed by atoms with E-state index in [2.05, 4.69) is 25.0 Å². The summed E-state index contributed by atoms with van der Waals surface area (Å²) in [6.07, 6.45) is -9.18. The van der Waals surface area contributed by atoms with Crippen molar-refractivity contribution < 1.29 is 49.8 Å². The summed E-state index contributed by atoms with van der Waals surface area (Å²) in [5.41, 5.74) is 0. The highest BCUT2D eigenvalue weighted by molar-refractivity contribution is 5.81. The van der Waals surface area contributed by atoms with Crippen LogP contribution in [0.2, 0.25) is 0 Å². The van der Waals surface area contributed by atoms with Crippen molar-refractivity contribution in [1.82, 2.24) is 15.5 Å². The second kappa shape index (κ2) is 8.78. The van der Waals surface area contributed by atoms with E-state index in [9.17, 15) is 31.1 Å². The van der Waals surface area contributed by atoms with Crippen molar-refractivity contribution in [2.24, 2.45) is 11.8 Å². The van der Waals surface area contributed by atoms with Gasteiger partial charge in [-0.05, 0) is 38.0 Å². The number of amides is 1. The van der Waals surface area contributed by atoms with Gasteiger partial charge >= 0.3 is 12.7 Å². The molecule has 2 heterocycles. The second-order valence-electron chi connectivity index (χ2n) is 8.30. The molecule has 3 fully saturated rings. The summed E-state index contributed by atoms with van der Waals surface area (Å²) < 4.78 is 91.7. The number of halogens is 6. The van der Waals surface area contributed by atoms with E-state index in [4.69, 9.17) is 9.15 Å². The highest BCUT2D eigenvalue weighted by atomic mass is 19.4. The van der Waals surface area contributed by atoms with Gasteiger partial charge in [0.25, 0.3) is 0 Å². The number of hydrogen-bond donors (Lipinski definition) is 1. The van der Waals surface area contributed by atoms with E-state index in [-0.39, 0.29) is 49.1 Å². The van der Waals surface area contributed by atoms with E-state index in [1.807, 2.05) is 0 Å². The summed E-state index contributed by atoms with van der Waals surface area (Å²) in [4.78, 5) is 12.2. The minimum atomic E-state index is -4.71. The van der Waals surface area contributed by atoms with Crippen molar-refractivity contribution in [1.29, 1.82) is 0 Å². The minimum Gasteiger partial charge on any atom is -0.422 e. The Hall–Kier alpha value is -1.93. The fourth-order valence-corrected chi connectivity index (χ4v) is 3.92. The van der Waals surface area contributed by atoms with Crippen molar-refractivity contribution in [2.45, 2.75) is 69.0 Å². The van der Waals surface area contributed by atoms with Crippen LogP contribution in [0.3, 0.4) is 0 Å². The highest BCUT2D eigenvalue weighted by Crippen LogP contribution is 2.42. The lowest BCUT2D eigenvalue weighted by molar-refractivity contribution is -0.352. The first kappa shape index (κ1) is 23.2. The van der Waals surface area contributed by atoms with Gasteiger partial charge < -0.3 is 14.5 Å². The Morgan fingerprint density at radius 2 is 1.75 bits per heavy atom. The summed E-state index contributed by atoms with van der Waals surface area (Å²) in [7, 11) is 0. The van der Waals surface area contributed by atoms with E-state index >= 15 is 0 Å². The van der Waals surface area contributed by atoms with Gasteiger partial charge in [-0.15, -0.1) is 36.5 Å². The maximum Gasteiger partial charge on any atom is 0.522 e. The lowest BCUT2D eigenvalue weighted by atomic mass is 9.82. The van der Waals surface area contributed by atoms with Gasteiger partial charge in [0, 0.05) is 11.8 Å². The molecule has 0 radical (unpaired) electrons. The molecule has 1 saturated heterocycles. The molecule has 1 aromatic rings. The van der Waals surface area contributed by atoms with Crippen molar-refractivity contribution in [2.75, 3.05) is 13.2 Å². The average molecular weight is 473 g/mol. The molecule has 8 nitrogen and oxygen atoms in total. The number of nitrogens with one attached hydrogen (secondary N) is 1. The first-order valence-electron chi connectivity index (χ1n) is 10.2. The molecule has 1 aromatic heterocycles. The molecule has 0 bridgehead atoms. The molecule has 0 aromatic carbocycles. The summed E-state index contributed by atoms with van der Waals surface area (Å²) in [5.74, 6) is -1.11. The fraction of sp³-hybridized carbons (Fsp3) is 0.833. The molecule has 1 amide bonds. The van der Waals surface area contributed by atoms with Crippen LogP contribution in [-0.4, -0.2) is 54.2 Å². The van der Waals surface area contributed by atoms with Crippen LogP contribution < -0.4 is 5.32 Å². The van der Waals surface area contributed by atoms with Crippen molar-refractivity contribution in [3.8, 4) is 0 Å². The van der Waals surface area contributed by atoms with Crippen molar-refractivity contribution in [3.05, 3.63) is 11.8 Å². The molecule has 4 rings (SSSR count). The molecule has 2 saturated carbocycles. The molecule has 0 spiro atoms. The van der Waals surface area contributed by atoms with Crippen molar-refractivity contribution >= 4 is 5.91 Å². The smallest absolute Gasteiger partial charge is 0.422 e. The van der Waals surface area contributed by atoms with E-state index < -0.39 is 43.4 Å². The molecule has 4 atom stereocenters. The molecule has 2 unspecified atom stereocenters. The van der Waals surface area contributed by atoms with Crippen LogP contribution in [0.15, 0.2) is 4.42 Å². The van der Waals surface area contributed by atoms with Crippen LogP contribution in [0.25, 0.3) is 0 Å². The zero-order chi connectivity index (χ0) is 23.1. The lowest BCUT2D eigenvalue weighted by Gasteiger charge is -2.33. The average Bonchev–Trinajstić information content (AvgIpc) is 3.29. The minimum absolute atomic E-state index is 0.136. The summed E-state index contributed by atoms with van der Waals surface area (Å²) in [6.45, 7) is -0.371. The largest absolute Gasteiger partial charge is 0.522 e. The van der Waals surface area contributed by atoms with Gasteiger partial charge in [0.05, 0.1) is 25.4 Å². The van der Waals surface area contributed by atoms with Gasteiger partial charge in [-0.3, -0.25) is 14.3 Å². The number of hydrogen-bond acceptors (Lipinski definition) is 7. The predicted molar refractivity (Wildman–Crippen MR) is 90.7 cm³/mol. The fourth-order valence-electron chi connectivity index (χ4n) is 3.92. The lowest BCUT2D eigenvalue weighted by Crippen LogP contribution is -2.42. The van der Waals surface area contributed by atoms with Crippen LogP contribution in [0.5, 0.6) is 0 Å². The number of nitrogens with zero attached hydrogens (tertiary/aromatic N) is 2. The van der Waals surface area contributed by atoms with E-state index in [0.29, 0.717) is 19.3 Å². The molecule has 3 aliphatic rings. The standard InChI is InChI=1S/C18H21F6N3O5/c19-17(20,21)30-6-9-5-12(9)14(28)25-10-1-2-13(29-7-10)16-27-26-15(31-16)8-3-11(4-8)32-18(22,23)24/h8-13H,1-7H2,(H,25,28)/t8-,9?,10-,11+,12?,13+/m1/s1. The predicted octanol–water partition coefficient (Wildman–Crippen LogP) is 3.36. The second-order valence-corrected chi connectivity index (χ2v) is 8.30. The van der Waals surface area contributed by atoms with Crippen LogP contribution in [0, 0.1) is 11.8 Å². The Bertz CT molecular complexity index is 802. The number of rotatable bonds is 7. The molecule has 1 N–H and O–H groups in total. The number of ether oxygens (including phenoxy) is 3. The van der Waals surface area contributed by atoms with Gasteiger partial charge in [0.1, 0.15) is 6.10 Å². The van der Waals surface area contributed by atoms with Crippen LogP contribution in [-0.2, 0) is 19.0 Å². The third kappa shape index (κ3) is 6.10. The zero-order valence-corrected chi connectivity index (χ0v) is 16.6. The van der Waals surface area contributed by atoms with Crippen LogP contribution in [0.1, 0.15) is 55.9 Å². The van der Waals surface area contributed by atoms with Crippen LogP contribution >= 0.6 is 0 Å². The summed E-state index contributed by atoms with van der Waals surface area (Å²) in [6, 6.07) is -0.294. The van der Waals surface area contributed by atoms with E-state index in [1.165, 1.54) is 0 Å². The zero-order valence-electron chi connectivity index (χ0n) is 16.6. The number of carbonyl (C=O) groups excluding carboxylic acids is 1. The normalized spacial score (nSPS) is 32.9. The molecule has 2 aliphatic carbocycles. The van der Waals surface area contributed by atoms with E-state index in [1.54, 1.807) is 0 Å². The molecule has 180 valence electrons. The van der Waals surface area contributed by atoms with Gasteiger partial charge in [0.15, 0.2) is 0 Å².